The fraction of sp³-hybridized carbons (Fsp3) is 0.714. The number of likely N-dealkylation sites (tertiary alicyclic amines) is 1. The van der Waals surface area contributed by atoms with Gasteiger partial charge in [-0.2, -0.15) is 0 Å². The Kier molecular flexibility index (Phi) is 3.85. The summed E-state index contributed by atoms with van der Waals surface area (Å²) in [5, 5.41) is 0. The highest BCUT2D eigenvalue weighted by Gasteiger charge is 2.37. The van der Waals surface area contributed by atoms with E-state index in [1.165, 1.54) is 25.7 Å². The van der Waals surface area contributed by atoms with Crippen LogP contribution >= 0.6 is 0 Å². The van der Waals surface area contributed by atoms with Gasteiger partial charge in [-0.25, -0.2) is 4.98 Å². The van der Waals surface area contributed by atoms with Crippen molar-refractivity contribution in [1.29, 1.82) is 0 Å². The predicted octanol–water partition coefficient (Wildman–Crippen LogP) is 2.26. The van der Waals surface area contributed by atoms with E-state index in [9.17, 15) is 4.79 Å². The molecule has 2 heterocycles. The zero-order chi connectivity index (χ0) is 13.2. The Balaban J connectivity index is 2.19. The molecule has 0 aromatic carbocycles. The van der Waals surface area contributed by atoms with Gasteiger partial charge in [0.1, 0.15) is 0 Å². The van der Waals surface area contributed by atoms with Gasteiger partial charge in [-0.1, -0.05) is 12.8 Å². The molecule has 1 aromatic heterocycles. The van der Waals surface area contributed by atoms with Gasteiger partial charge in [0, 0.05) is 19.4 Å². The Labute approximate surface area is 109 Å². The van der Waals surface area contributed by atoms with E-state index in [1.807, 2.05) is 31.7 Å². The highest BCUT2D eigenvalue weighted by atomic mass is 16.1. The summed E-state index contributed by atoms with van der Waals surface area (Å²) in [6.07, 6.45) is 8.46. The van der Waals surface area contributed by atoms with Crippen LogP contribution in [0.15, 0.2) is 12.4 Å². The fourth-order valence-corrected chi connectivity index (χ4v) is 2.63. The normalized spacial score (nSPS) is 18.6. The molecular formula is C14H23N3O. The number of nitrogens with zero attached hydrogens (tertiary/aromatic N) is 3. The van der Waals surface area contributed by atoms with Crippen LogP contribution in [0.4, 0.5) is 0 Å². The number of carbonyl (C=O) groups is 1. The first kappa shape index (κ1) is 13.3. The van der Waals surface area contributed by atoms with Gasteiger partial charge in [0.2, 0.25) is 5.78 Å². The van der Waals surface area contributed by atoms with Crippen LogP contribution in [0, 0.1) is 0 Å². The van der Waals surface area contributed by atoms with E-state index in [-0.39, 0.29) is 5.78 Å². The highest BCUT2D eigenvalue weighted by molar-refractivity contribution is 5.99. The lowest BCUT2D eigenvalue weighted by Gasteiger charge is -2.36. The number of hydrogen-bond donors (Lipinski definition) is 0. The summed E-state index contributed by atoms with van der Waals surface area (Å²) in [6.45, 7) is 6.08. The van der Waals surface area contributed by atoms with Crippen LogP contribution in [0.25, 0.3) is 0 Å². The van der Waals surface area contributed by atoms with Gasteiger partial charge in [0.05, 0.1) is 5.54 Å². The number of aromatic nitrogens is 2. The largest absolute Gasteiger partial charge is 0.332 e. The molecule has 4 nitrogen and oxygen atoms in total. The Morgan fingerprint density at radius 3 is 2.33 bits per heavy atom. The van der Waals surface area contributed by atoms with E-state index in [4.69, 9.17) is 0 Å². The minimum absolute atomic E-state index is 0.122. The van der Waals surface area contributed by atoms with Crippen LogP contribution < -0.4 is 0 Å². The van der Waals surface area contributed by atoms with E-state index < -0.39 is 5.54 Å². The van der Waals surface area contributed by atoms with Crippen LogP contribution in [0.2, 0.25) is 0 Å². The van der Waals surface area contributed by atoms with Gasteiger partial charge in [0.25, 0.3) is 0 Å². The molecule has 1 aromatic rings. The zero-order valence-electron chi connectivity index (χ0n) is 11.6. The van der Waals surface area contributed by atoms with E-state index >= 15 is 0 Å². The minimum atomic E-state index is -0.455. The van der Waals surface area contributed by atoms with Gasteiger partial charge in [-0.05, 0) is 39.8 Å². The average Bonchev–Trinajstić information content (AvgIpc) is 2.61. The molecule has 0 unspecified atom stereocenters. The van der Waals surface area contributed by atoms with Crippen molar-refractivity contribution in [2.24, 2.45) is 7.05 Å². The maximum Gasteiger partial charge on any atom is 0.217 e. The van der Waals surface area contributed by atoms with Gasteiger partial charge in [0.15, 0.2) is 5.82 Å². The summed E-state index contributed by atoms with van der Waals surface area (Å²) in [4.78, 5) is 19.1. The molecule has 1 fully saturated rings. The molecular weight excluding hydrogens is 226 g/mol. The molecule has 18 heavy (non-hydrogen) atoms. The van der Waals surface area contributed by atoms with E-state index in [1.54, 1.807) is 6.20 Å². The molecule has 0 N–H and O–H groups in total. The number of carbonyl (C=O) groups excluding carboxylic acids is 1. The summed E-state index contributed by atoms with van der Waals surface area (Å²) in [5.74, 6) is 0.682. The molecule has 4 heteroatoms. The number of hydrogen-bond acceptors (Lipinski definition) is 3. The highest BCUT2D eigenvalue weighted by Crippen LogP contribution is 2.23. The Bertz CT molecular complexity index is 414. The second-order valence-electron chi connectivity index (χ2n) is 5.65. The second kappa shape index (κ2) is 5.22. The number of imidazole rings is 1. The van der Waals surface area contributed by atoms with Gasteiger partial charge in [-0.15, -0.1) is 0 Å². The summed E-state index contributed by atoms with van der Waals surface area (Å²) in [5.41, 5.74) is -0.455. The lowest BCUT2D eigenvalue weighted by Crippen LogP contribution is -2.51. The maximum atomic E-state index is 12.6. The maximum absolute atomic E-state index is 12.6. The van der Waals surface area contributed by atoms with Crippen molar-refractivity contribution in [2.45, 2.75) is 45.1 Å². The predicted molar refractivity (Wildman–Crippen MR) is 71.7 cm³/mol. The Morgan fingerprint density at radius 2 is 1.83 bits per heavy atom. The molecule has 1 aliphatic heterocycles. The topological polar surface area (TPSA) is 38.1 Å². The molecule has 0 atom stereocenters. The van der Waals surface area contributed by atoms with E-state index in [2.05, 4.69) is 9.88 Å². The smallest absolute Gasteiger partial charge is 0.217 e. The van der Waals surface area contributed by atoms with Crippen molar-refractivity contribution >= 4 is 5.78 Å². The summed E-state index contributed by atoms with van der Waals surface area (Å²) in [7, 11) is 1.87. The van der Waals surface area contributed by atoms with E-state index in [0.29, 0.717) is 5.82 Å². The molecule has 0 aliphatic carbocycles. The Morgan fingerprint density at radius 1 is 1.22 bits per heavy atom. The SMILES string of the molecule is Cn1ccnc1C(=O)C(C)(C)N1CCCCCC1. The van der Waals surface area contributed by atoms with Crippen LogP contribution in [-0.2, 0) is 7.05 Å². The minimum Gasteiger partial charge on any atom is -0.332 e. The van der Waals surface area contributed by atoms with Crippen molar-refractivity contribution in [3.05, 3.63) is 18.2 Å². The molecule has 0 saturated carbocycles. The molecule has 1 aliphatic rings. The third kappa shape index (κ3) is 2.48. The standard InChI is InChI=1S/C14H23N3O/c1-14(2,17-9-6-4-5-7-10-17)12(18)13-15-8-11-16(13)3/h8,11H,4-7,9-10H2,1-3H3. The van der Waals surface area contributed by atoms with Crippen molar-refractivity contribution < 1.29 is 4.79 Å². The number of aryl methyl sites for hydroxylation is 1. The summed E-state index contributed by atoms with van der Waals surface area (Å²) < 4.78 is 1.81. The summed E-state index contributed by atoms with van der Waals surface area (Å²) in [6, 6.07) is 0. The molecule has 100 valence electrons. The van der Waals surface area contributed by atoms with E-state index in [0.717, 1.165) is 13.1 Å². The zero-order valence-corrected chi connectivity index (χ0v) is 11.6. The number of rotatable bonds is 3. The van der Waals surface area contributed by atoms with Crippen molar-refractivity contribution in [3.8, 4) is 0 Å². The van der Waals surface area contributed by atoms with Gasteiger partial charge >= 0.3 is 0 Å². The first-order valence-electron chi connectivity index (χ1n) is 6.80. The van der Waals surface area contributed by atoms with Crippen molar-refractivity contribution in [2.75, 3.05) is 13.1 Å². The van der Waals surface area contributed by atoms with Crippen LogP contribution in [-0.4, -0.2) is 38.9 Å². The number of ketones is 1. The monoisotopic (exact) mass is 249 g/mol. The molecule has 0 spiro atoms. The molecule has 0 bridgehead atoms. The molecule has 0 radical (unpaired) electrons. The first-order valence-corrected chi connectivity index (χ1v) is 6.80. The second-order valence-corrected chi connectivity index (χ2v) is 5.65. The molecule has 1 saturated heterocycles. The Hall–Kier alpha value is -1.16. The molecule has 0 amide bonds. The third-order valence-electron chi connectivity index (χ3n) is 3.98. The first-order chi connectivity index (χ1) is 8.53. The van der Waals surface area contributed by atoms with Crippen LogP contribution in [0.5, 0.6) is 0 Å². The van der Waals surface area contributed by atoms with Crippen LogP contribution in [0.3, 0.4) is 0 Å². The average molecular weight is 249 g/mol. The van der Waals surface area contributed by atoms with Gasteiger partial charge < -0.3 is 4.57 Å². The van der Waals surface area contributed by atoms with Crippen molar-refractivity contribution in [1.82, 2.24) is 14.5 Å². The molecule has 2 rings (SSSR count). The van der Waals surface area contributed by atoms with Gasteiger partial charge in [-0.3, -0.25) is 9.69 Å². The number of Topliss-reactive ketones (excluding diaryl/α,β-unsaturated/α-hetero) is 1. The third-order valence-corrected chi connectivity index (χ3v) is 3.98. The lowest BCUT2D eigenvalue weighted by atomic mass is 9.95. The lowest BCUT2D eigenvalue weighted by molar-refractivity contribution is 0.0635. The van der Waals surface area contributed by atoms with Crippen molar-refractivity contribution in [3.63, 3.8) is 0 Å². The summed E-state index contributed by atoms with van der Waals surface area (Å²) >= 11 is 0. The van der Waals surface area contributed by atoms with Crippen LogP contribution in [0.1, 0.15) is 50.1 Å². The fourth-order valence-electron chi connectivity index (χ4n) is 2.63. The quantitative estimate of drug-likeness (QED) is 0.771.